The maximum atomic E-state index is 12.0. The van der Waals surface area contributed by atoms with Crippen molar-refractivity contribution >= 4 is 11.9 Å². The normalized spacial score (nSPS) is 30.7. The lowest BCUT2D eigenvalue weighted by Gasteiger charge is -2.38. The second-order valence-electron chi connectivity index (χ2n) is 9.85. The Morgan fingerprint density at radius 2 is 1.80 bits per heavy atom. The second-order valence-corrected chi connectivity index (χ2v) is 9.85. The second kappa shape index (κ2) is 14.7. The van der Waals surface area contributed by atoms with Crippen molar-refractivity contribution in [1.29, 1.82) is 0 Å². The molecule has 0 saturated carbocycles. The zero-order valence-electron chi connectivity index (χ0n) is 21.0. The van der Waals surface area contributed by atoms with Crippen molar-refractivity contribution in [2.75, 3.05) is 13.2 Å². The van der Waals surface area contributed by atoms with E-state index < -0.39 is 36.4 Å². The predicted octanol–water partition coefficient (Wildman–Crippen LogP) is 2.37. The molecule has 0 aromatic rings. The van der Waals surface area contributed by atoms with Gasteiger partial charge >= 0.3 is 11.9 Å². The molecule has 0 unspecified atom stereocenters. The Morgan fingerprint density at radius 1 is 1.09 bits per heavy atom. The Morgan fingerprint density at radius 3 is 2.49 bits per heavy atom. The van der Waals surface area contributed by atoms with Crippen LogP contribution in [0.15, 0.2) is 23.8 Å². The van der Waals surface area contributed by atoms with E-state index in [0.717, 1.165) is 12.8 Å². The molecule has 0 aromatic heterocycles. The fourth-order valence-electron chi connectivity index (χ4n) is 4.31. The third kappa shape index (κ3) is 10.4. The number of carbonyl (C=O) groups is 2. The molecule has 4 N–H and O–H groups in total. The standard InChI is InChI=1S/C26H42O9/c1-16(13-23(30)33-11-9-7-5-4-6-8-10-22(28)29)12-20-25(32)24(31)19(15-34-20)14-21-26(35-21)17(2)18(3)27/h4,6,13,17-21,24-27,31-32H,5,7-12,14-15H2,1-3H3,(H,28,29)/b6-4+,16-13-/t17-,18-,19-,20-,21-,24+,25-,26+/m0/s1. The maximum absolute atomic E-state index is 12.0. The molecule has 0 radical (unpaired) electrons. The van der Waals surface area contributed by atoms with Crippen molar-refractivity contribution < 1.29 is 44.2 Å². The number of epoxide rings is 1. The summed E-state index contributed by atoms with van der Waals surface area (Å²) in [5, 5.41) is 39.4. The van der Waals surface area contributed by atoms with Gasteiger partial charge in [-0.3, -0.25) is 4.79 Å². The Hall–Kier alpha value is -1.78. The van der Waals surface area contributed by atoms with Gasteiger partial charge in [0.2, 0.25) is 0 Å². The predicted molar refractivity (Wildman–Crippen MR) is 129 cm³/mol. The van der Waals surface area contributed by atoms with Gasteiger partial charge in [-0.2, -0.15) is 0 Å². The van der Waals surface area contributed by atoms with Crippen LogP contribution in [-0.4, -0.2) is 82.2 Å². The van der Waals surface area contributed by atoms with Crippen LogP contribution in [0, 0.1) is 11.8 Å². The summed E-state index contributed by atoms with van der Waals surface area (Å²) in [5.74, 6) is -1.50. The van der Waals surface area contributed by atoms with Gasteiger partial charge in [-0.05, 0) is 52.4 Å². The lowest BCUT2D eigenvalue weighted by molar-refractivity contribution is -0.165. The van der Waals surface area contributed by atoms with E-state index in [1.165, 1.54) is 6.08 Å². The van der Waals surface area contributed by atoms with Crippen LogP contribution < -0.4 is 0 Å². The van der Waals surface area contributed by atoms with Gasteiger partial charge in [0.05, 0.1) is 43.7 Å². The van der Waals surface area contributed by atoms with Crippen LogP contribution in [0.25, 0.3) is 0 Å². The van der Waals surface area contributed by atoms with Crippen LogP contribution >= 0.6 is 0 Å². The molecule has 0 aliphatic carbocycles. The minimum Gasteiger partial charge on any atom is -0.481 e. The molecule has 0 spiro atoms. The highest BCUT2D eigenvalue weighted by Crippen LogP contribution is 2.38. The summed E-state index contributed by atoms with van der Waals surface area (Å²) in [6.45, 7) is 6.01. The molecule has 2 rings (SSSR count). The van der Waals surface area contributed by atoms with E-state index >= 15 is 0 Å². The summed E-state index contributed by atoms with van der Waals surface area (Å²) in [6.07, 6.45) is 5.88. The van der Waals surface area contributed by atoms with E-state index in [1.54, 1.807) is 13.8 Å². The number of unbranched alkanes of at least 4 members (excludes halogenated alkanes) is 2. The maximum Gasteiger partial charge on any atom is 0.330 e. The minimum atomic E-state index is -1.07. The fraction of sp³-hybridized carbons (Fsp3) is 0.769. The van der Waals surface area contributed by atoms with Crippen LogP contribution in [0.1, 0.15) is 65.7 Å². The number of carboxylic acids is 1. The van der Waals surface area contributed by atoms with E-state index in [4.69, 9.17) is 19.3 Å². The average molecular weight is 499 g/mol. The molecular weight excluding hydrogens is 456 g/mol. The van der Waals surface area contributed by atoms with Crippen LogP contribution in [0.5, 0.6) is 0 Å². The van der Waals surface area contributed by atoms with Crippen molar-refractivity contribution in [3.05, 3.63) is 23.8 Å². The number of carboxylic acid groups (broad SMARTS) is 1. The third-order valence-electron chi connectivity index (χ3n) is 6.76. The lowest BCUT2D eigenvalue weighted by Crippen LogP contribution is -2.50. The molecule has 9 nitrogen and oxygen atoms in total. The van der Waals surface area contributed by atoms with Crippen molar-refractivity contribution in [2.24, 2.45) is 11.8 Å². The zero-order valence-corrected chi connectivity index (χ0v) is 21.0. The number of aliphatic hydroxyl groups excluding tert-OH is 3. The van der Waals surface area contributed by atoms with Crippen LogP contribution in [0.2, 0.25) is 0 Å². The summed E-state index contributed by atoms with van der Waals surface area (Å²) >= 11 is 0. The summed E-state index contributed by atoms with van der Waals surface area (Å²) in [7, 11) is 0. The van der Waals surface area contributed by atoms with E-state index in [1.807, 2.05) is 19.1 Å². The zero-order chi connectivity index (χ0) is 26.0. The molecule has 2 fully saturated rings. The number of carbonyl (C=O) groups excluding carboxylic acids is 1. The first-order valence-electron chi connectivity index (χ1n) is 12.6. The van der Waals surface area contributed by atoms with E-state index in [2.05, 4.69) is 0 Å². The summed E-state index contributed by atoms with van der Waals surface area (Å²) in [5.41, 5.74) is 0.697. The van der Waals surface area contributed by atoms with Gasteiger partial charge in [-0.1, -0.05) is 24.6 Å². The highest BCUT2D eigenvalue weighted by molar-refractivity contribution is 5.82. The summed E-state index contributed by atoms with van der Waals surface area (Å²) < 4.78 is 16.7. The number of aliphatic carboxylic acids is 1. The number of aliphatic hydroxyl groups is 3. The van der Waals surface area contributed by atoms with Crippen molar-refractivity contribution in [3.8, 4) is 0 Å². The van der Waals surface area contributed by atoms with Gasteiger partial charge in [-0.15, -0.1) is 0 Å². The molecule has 35 heavy (non-hydrogen) atoms. The molecule has 2 aliphatic rings. The highest BCUT2D eigenvalue weighted by atomic mass is 16.6. The van der Waals surface area contributed by atoms with Crippen molar-refractivity contribution in [3.63, 3.8) is 0 Å². The number of esters is 1. The number of hydrogen-bond acceptors (Lipinski definition) is 8. The Bertz CT molecular complexity index is 732. The van der Waals surface area contributed by atoms with Crippen molar-refractivity contribution in [2.45, 2.75) is 102 Å². The molecule has 2 heterocycles. The smallest absolute Gasteiger partial charge is 0.330 e. The highest BCUT2D eigenvalue weighted by Gasteiger charge is 2.48. The van der Waals surface area contributed by atoms with Crippen LogP contribution in [0.4, 0.5) is 0 Å². The fourth-order valence-corrected chi connectivity index (χ4v) is 4.31. The van der Waals surface area contributed by atoms with Crippen LogP contribution in [0.3, 0.4) is 0 Å². The van der Waals surface area contributed by atoms with Gasteiger partial charge in [0, 0.05) is 24.3 Å². The molecular formula is C26H42O9. The molecule has 0 aromatic carbocycles. The van der Waals surface area contributed by atoms with E-state index in [0.29, 0.717) is 44.5 Å². The number of ether oxygens (including phenoxy) is 3. The van der Waals surface area contributed by atoms with Crippen LogP contribution in [-0.2, 0) is 23.8 Å². The monoisotopic (exact) mass is 498 g/mol. The number of rotatable bonds is 15. The van der Waals surface area contributed by atoms with Gasteiger partial charge in [0.1, 0.15) is 6.10 Å². The molecule has 0 amide bonds. The third-order valence-corrected chi connectivity index (χ3v) is 6.76. The average Bonchev–Trinajstić information content (AvgIpc) is 3.55. The molecule has 2 saturated heterocycles. The Balaban J connectivity index is 1.64. The topological polar surface area (TPSA) is 146 Å². The van der Waals surface area contributed by atoms with Gasteiger partial charge < -0.3 is 34.6 Å². The molecule has 2 aliphatic heterocycles. The molecule has 9 heteroatoms. The first-order chi connectivity index (χ1) is 16.6. The first kappa shape index (κ1) is 29.5. The molecule has 0 bridgehead atoms. The number of allylic oxidation sites excluding steroid dienone is 2. The number of hydrogen-bond donors (Lipinski definition) is 4. The lowest BCUT2D eigenvalue weighted by atomic mass is 9.85. The largest absolute Gasteiger partial charge is 0.481 e. The SMILES string of the molecule is C/C(=C/C(=O)OCCCC/C=C/CCC(=O)O)C[C@@H]1OC[C@H](C[C@@H]2O[C@@H]2[C@@H](C)[C@H](C)O)[C@@H](O)[C@H]1O. The summed E-state index contributed by atoms with van der Waals surface area (Å²) in [6, 6.07) is 0. The molecule has 8 atom stereocenters. The van der Waals surface area contributed by atoms with E-state index in [-0.39, 0.29) is 30.5 Å². The van der Waals surface area contributed by atoms with Gasteiger partial charge in [0.25, 0.3) is 0 Å². The van der Waals surface area contributed by atoms with E-state index in [9.17, 15) is 24.9 Å². The quantitative estimate of drug-likeness (QED) is 0.0878. The Kier molecular flexibility index (Phi) is 12.4. The van der Waals surface area contributed by atoms with Crippen molar-refractivity contribution in [1.82, 2.24) is 0 Å². The van der Waals surface area contributed by atoms with Gasteiger partial charge in [0.15, 0.2) is 0 Å². The summed E-state index contributed by atoms with van der Waals surface area (Å²) in [4.78, 5) is 22.5. The molecule has 200 valence electrons. The van der Waals surface area contributed by atoms with Gasteiger partial charge in [-0.25, -0.2) is 4.79 Å². The minimum absolute atomic E-state index is 0.0131. The first-order valence-corrected chi connectivity index (χ1v) is 12.6. The Labute approximate surface area is 207 Å².